The fourth-order valence-electron chi connectivity index (χ4n) is 1.75. The van der Waals surface area contributed by atoms with Crippen LogP contribution in [0.15, 0.2) is 0 Å². The van der Waals surface area contributed by atoms with Crippen LogP contribution in [0.3, 0.4) is 0 Å². The topological polar surface area (TPSA) is 69.6 Å². The van der Waals surface area contributed by atoms with E-state index in [1.54, 1.807) is 0 Å². The number of carbonyl (C=O) groups is 2. The highest BCUT2D eigenvalue weighted by Crippen LogP contribution is 2.13. The van der Waals surface area contributed by atoms with Gasteiger partial charge in [0, 0.05) is 13.1 Å². The molecule has 1 aliphatic heterocycles. The molecule has 14 heavy (non-hydrogen) atoms. The van der Waals surface area contributed by atoms with Gasteiger partial charge in [0.05, 0.1) is 0 Å². The van der Waals surface area contributed by atoms with Crippen molar-refractivity contribution in [2.45, 2.75) is 12.8 Å². The van der Waals surface area contributed by atoms with Crippen molar-refractivity contribution >= 4 is 11.9 Å². The first-order chi connectivity index (χ1) is 6.59. The van der Waals surface area contributed by atoms with Crippen LogP contribution < -0.4 is 5.32 Å². The number of amides is 1. The molecule has 1 unspecified atom stereocenters. The summed E-state index contributed by atoms with van der Waals surface area (Å²) in [6.07, 6.45) is 2.17. The van der Waals surface area contributed by atoms with Crippen LogP contribution in [0, 0.1) is 5.92 Å². The number of rotatable bonds is 2. The van der Waals surface area contributed by atoms with Gasteiger partial charge in [-0.25, -0.2) is 4.79 Å². The van der Waals surface area contributed by atoms with Gasteiger partial charge in [0.25, 0.3) is 0 Å². The number of nitrogens with one attached hydrogen (secondary N) is 1. The molecule has 0 aliphatic carbocycles. The summed E-state index contributed by atoms with van der Waals surface area (Å²) < 4.78 is 0. The van der Waals surface area contributed by atoms with Gasteiger partial charge in [0.1, 0.15) is 0 Å². The smallest absolute Gasteiger partial charge is 0.394 e. The van der Waals surface area contributed by atoms with Crippen LogP contribution in [0.25, 0.3) is 0 Å². The predicted octanol–water partition coefficient (Wildman–Crippen LogP) is -0.471. The largest absolute Gasteiger partial charge is 0.474 e. The van der Waals surface area contributed by atoms with E-state index in [0.29, 0.717) is 12.5 Å². The molecule has 1 rings (SSSR count). The number of piperidine rings is 1. The molecule has 0 saturated carbocycles. The molecule has 1 saturated heterocycles. The minimum atomic E-state index is -1.41. The first-order valence-electron chi connectivity index (χ1n) is 4.79. The van der Waals surface area contributed by atoms with Gasteiger partial charge < -0.3 is 15.3 Å². The third-order valence-corrected chi connectivity index (χ3v) is 2.47. The number of hydrogen-bond acceptors (Lipinski definition) is 3. The molecule has 5 nitrogen and oxygen atoms in total. The van der Waals surface area contributed by atoms with Gasteiger partial charge in [-0.3, -0.25) is 4.79 Å². The summed E-state index contributed by atoms with van der Waals surface area (Å²) in [5.74, 6) is -1.93. The SMILES string of the molecule is CN1CCCC(CNC(=O)C(=O)O)C1. The molecular formula is C9H16N2O3. The second-order valence-corrected chi connectivity index (χ2v) is 3.79. The van der Waals surface area contributed by atoms with Crippen molar-refractivity contribution in [3.8, 4) is 0 Å². The van der Waals surface area contributed by atoms with Crippen LogP contribution in [-0.4, -0.2) is 48.6 Å². The summed E-state index contributed by atoms with van der Waals surface area (Å²) in [5.41, 5.74) is 0. The second kappa shape index (κ2) is 4.95. The summed E-state index contributed by atoms with van der Waals surface area (Å²) in [6.45, 7) is 2.48. The van der Waals surface area contributed by atoms with Crippen LogP contribution in [0.5, 0.6) is 0 Å². The van der Waals surface area contributed by atoms with Gasteiger partial charge in [-0.15, -0.1) is 0 Å². The first kappa shape index (κ1) is 11.0. The van der Waals surface area contributed by atoms with E-state index in [1.807, 2.05) is 7.05 Å². The summed E-state index contributed by atoms with van der Waals surface area (Å²) >= 11 is 0. The van der Waals surface area contributed by atoms with E-state index >= 15 is 0 Å². The third kappa shape index (κ3) is 3.33. The summed E-state index contributed by atoms with van der Waals surface area (Å²) in [4.78, 5) is 23.2. The molecule has 1 atom stereocenters. The quantitative estimate of drug-likeness (QED) is 0.591. The Labute approximate surface area is 83.1 Å². The van der Waals surface area contributed by atoms with E-state index in [-0.39, 0.29) is 0 Å². The molecule has 0 aromatic carbocycles. The molecule has 0 spiro atoms. The van der Waals surface area contributed by atoms with E-state index in [1.165, 1.54) is 0 Å². The zero-order valence-electron chi connectivity index (χ0n) is 8.32. The lowest BCUT2D eigenvalue weighted by Crippen LogP contribution is -2.40. The fraction of sp³-hybridized carbons (Fsp3) is 0.778. The summed E-state index contributed by atoms with van der Waals surface area (Å²) in [6, 6.07) is 0. The van der Waals surface area contributed by atoms with E-state index in [2.05, 4.69) is 10.2 Å². The number of carbonyl (C=O) groups excluding carboxylic acids is 1. The molecule has 0 aromatic rings. The molecule has 80 valence electrons. The Hall–Kier alpha value is -1.10. The minimum absolute atomic E-state index is 0.386. The van der Waals surface area contributed by atoms with Crippen LogP contribution in [0.2, 0.25) is 0 Å². The third-order valence-electron chi connectivity index (χ3n) is 2.47. The van der Waals surface area contributed by atoms with Crippen LogP contribution in [0.4, 0.5) is 0 Å². The average molecular weight is 200 g/mol. The van der Waals surface area contributed by atoms with E-state index in [0.717, 1.165) is 25.9 Å². The molecule has 0 bridgehead atoms. The number of carboxylic acid groups (broad SMARTS) is 1. The molecule has 0 aromatic heterocycles. The fourth-order valence-corrected chi connectivity index (χ4v) is 1.75. The number of aliphatic carboxylic acids is 1. The molecule has 1 fully saturated rings. The van der Waals surface area contributed by atoms with Crippen molar-refractivity contribution in [2.24, 2.45) is 5.92 Å². The van der Waals surface area contributed by atoms with Crippen molar-refractivity contribution < 1.29 is 14.7 Å². The molecule has 0 radical (unpaired) electrons. The molecule has 5 heteroatoms. The number of hydrogen-bond donors (Lipinski definition) is 2. The Balaban J connectivity index is 2.24. The Morgan fingerprint density at radius 2 is 2.29 bits per heavy atom. The Kier molecular flexibility index (Phi) is 3.88. The normalized spacial score (nSPS) is 23.1. The maximum atomic E-state index is 10.7. The number of likely N-dealkylation sites (tertiary alicyclic amines) is 1. The van der Waals surface area contributed by atoms with Gasteiger partial charge >= 0.3 is 11.9 Å². The molecule has 1 amide bonds. The summed E-state index contributed by atoms with van der Waals surface area (Å²) in [5, 5.41) is 10.7. The van der Waals surface area contributed by atoms with Gasteiger partial charge in [-0.05, 0) is 32.4 Å². The lowest BCUT2D eigenvalue weighted by molar-refractivity contribution is -0.150. The molecule has 1 aliphatic rings. The molecule has 2 N–H and O–H groups in total. The molecular weight excluding hydrogens is 184 g/mol. The predicted molar refractivity (Wildman–Crippen MR) is 50.9 cm³/mol. The number of nitrogens with zero attached hydrogens (tertiary/aromatic N) is 1. The monoisotopic (exact) mass is 200 g/mol. The minimum Gasteiger partial charge on any atom is -0.474 e. The maximum absolute atomic E-state index is 10.7. The standard InChI is InChI=1S/C9H16N2O3/c1-11-4-2-3-7(6-11)5-10-8(12)9(13)14/h7H,2-6H2,1H3,(H,10,12)(H,13,14). The maximum Gasteiger partial charge on any atom is 0.394 e. The lowest BCUT2D eigenvalue weighted by Gasteiger charge is -2.29. The zero-order chi connectivity index (χ0) is 10.6. The van der Waals surface area contributed by atoms with Crippen LogP contribution in [-0.2, 0) is 9.59 Å². The second-order valence-electron chi connectivity index (χ2n) is 3.79. The highest BCUT2D eigenvalue weighted by molar-refractivity contribution is 6.31. The van der Waals surface area contributed by atoms with Gasteiger partial charge in [0.2, 0.25) is 0 Å². The van der Waals surface area contributed by atoms with Crippen LogP contribution >= 0.6 is 0 Å². The van der Waals surface area contributed by atoms with Crippen molar-refractivity contribution in [3.05, 3.63) is 0 Å². The van der Waals surface area contributed by atoms with Crippen LogP contribution in [0.1, 0.15) is 12.8 Å². The van der Waals surface area contributed by atoms with Crippen molar-refractivity contribution in [3.63, 3.8) is 0 Å². The molecule has 1 heterocycles. The average Bonchev–Trinajstić information content (AvgIpc) is 2.14. The Morgan fingerprint density at radius 3 is 2.86 bits per heavy atom. The van der Waals surface area contributed by atoms with Gasteiger partial charge in [-0.2, -0.15) is 0 Å². The highest BCUT2D eigenvalue weighted by atomic mass is 16.4. The van der Waals surface area contributed by atoms with Crippen molar-refractivity contribution in [2.75, 3.05) is 26.7 Å². The van der Waals surface area contributed by atoms with E-state index < -0.39 is 11.9 Å². The van der Waals surface area contributed by atoms with Crippen molar-refractivity contribution in [1.29, 1.82) is 0 Å². The number of carboxylic acids is 1. The Morgan fingerprint density at radius 1 is 1.57 bits per heavy atom. The zero-order valence-corrected chi connectivity index (χ0v) is 8.32. The van der Waals surface area contributed by atoms with E-state index in [4.69, 9.17) is 5.11 Å². The van der Waals surface area contributed by atoms with Gasteiger partial charge in [-0.1, -0.05) is 0 Å². The Bertz CT molecular complexity index is 230. The highest BCUT2D eigenvalue weighted by Gasteiger charge is 2.19. The van der Waals surface area contributed by atoms with Gasteiger partial charge in [0.15, 0.2) is 0 Å². The van der Waals surface area contributed by atoms with Crippen molar-refractivity contribution in [1.82, 2.24) is 10.2 Å². The lowest BCUT2D eigenvalue weighted by atomic mass is 9.98. The first-order valence-corrected chi connectivity index (χ1v) is 4.79. The summed E-state index contributed by atoms with van der Waals surface area (Å²) in [7, 11) is 2.03. The van der Waals surface area contributed by atoms with E-state index in [9.17, 15) is 9.59 Å².